The van der Waals surface area contributed by atoms with Crippen LogP contribution in [-0.2, 0) is 19.3 Å². The fourth-order valence-electron chi connectivity index (χ4n) is 1.84. The van der Waals surface area contributed by atoms with E-state index in [1.54, 1.807) is 6.92 Å². The summed E-state index contributed by atoms with van der Waals surface area (Å²) < 4.78 is 40.1. The van der Waals surface area contributed by atoms with E-state index in [9.17, 15) is 23.7 Å². The van der Waals surface area contributed by atoms with Crippen molar-refractivity contribution in [2.45, 2.75) is 49.2 Å². The number of rotatable bonds is 6. The van der Waals surface area contributed by atoms with Gasteiger partial charge >= 0.3 is 10.4 Å². The van der Waals surface area contributed by atoms with Gasteiger partial charge in [0.05, 0.1) is 19.3 Å². The summed E-state index contributed by atoms with van der Waals surface area (Å²) in [6.45, 7) is 0.569. The smallest absolute Gasteiger partial charge is 0.394 e. The molecule has 24 heavy (non-hydrogen) atoms. The molecule has 6 unspecified atom stereocenters. The van der Waals surface area contributed by atoms with E-state index >= 15 is 0 Å². The van der Waals surface area contributed by atoms with E-state index in [4.69, 9.17) is 19.5 Å². The van der Waals surface area contributed by atoms with Gasteiger partial charge in [0.2, 0.25) is 0 Å². The predicted octanol–water partition coefficient (Wildman–Crippen LogP) is -2.53. The lowest BCUT2D eigenvalue weighted by Crippen LogP contribution is -2.57. The van der Waals surface area contributed by atoms with E-state index in [0.717, 1.165) is 0 Å². The van der Waals surface area contributed by atoms with Crippen LogP contribution in [0.25, 0.3) is 0 Å². The molecule has 142 valence electrons. The zero-order valence-corrected chi connectivity index (χ0v) is 14.3. The molecule has 1 rings (SSSR count). The minimum Gasteiger partial charge on any atom is -0.394 e. The first-order chi connectivity index (χ1) is 11.1. The monoisotopic (exact) mass is 391 g/mol. The fourth-order valence-corrected chi connectivity index (χ4v) is 3.38. The molecule has 1 aliphatic heterocycles. The van der Waals surface area contributed by atoms with Crippen molar-refractivity contribution in [1.82, 2.24) is 0 Å². The Morgan fingerprint density at radius 2 is 1.88 bits per heavy atom. The number of aliphatic imine (C=N–C) groups is 1. The number of aliphatic hydroxyl groups is 5. The number of hydrogen-bond acceptors (Lipinski definition) is 11. The number of hydrogen-bond donors (Lipinski definition) is 6. The molecule has 0 aromatic carbocycles. The second-order valence-corrected chi connectivity index (χ2v) is 7.04. The third kappa shape index (κ3) is 6.09. The Kier molecular flexibility index (Phi) is 8.31. The maximum atomic E-state index is 10.9. The molecule has 0 amide bonds. The van der Waals surface area contributed by atoms with Gasteiger partial charge in [0.15, 0.2) is 0 Å². The molecule has 0 aromatic heterocycles. The third-order valence-corrected chi connectivity index (χ3v) is 4.70. The van der Waals surface area contributed by atoms with Crippen molar-refractivity contribution in [1.29, 1.82) is 0 Å². The zero-order valence-electron chi connectivity index (χ0n) is 12.7. The maximum Gasteiger partial charge on any atom is 0.448 e. The minimum atomic E-state index is -4.93. The van der Waals surface area contributed by atoms with Gasteiger partial charge in [0, 0.05) is 0 Å². The molecule has 0 aromatic rings. The highest BCUT2D eigenvalue weighted by Gasteiger charge is 2.44. The Labute approximate surface area is 142 Å². The average Bonchev–Trinajstić information content (AvgIpc) is 2.51. The predicted molar refractivity (Wildman–Crippen MR) is 82.6 cm³/mol. The molecule has 1 saturated heterocycles. The van der Waals surface area contributed by atoms with E-state index in [1.165, 1.54) is 0 Å². The molecule has 0 bridgehead atoms. The summed E-state index contributed by atoms with van der Waals surface area (Å²) in [5.74, 6) is 0. The lowest BCUT2D eigenvalue weighted by atomic mass is 10.0. The van der Waals surface area contributed by atoms with Gasteiger partial charge in [0.25, 0.3) is 5.23 Å². The van der Waals surface area contributed by atoms with Crippen LogP contribution in [0.3, 0.4) is 0 Å². The van der Waals surface area contributed by atoms with Crippen LogP contribution in [0.2, 0.25) is 0 Å². The van der Waals surface area contributed by atoms with Gasteiger partial charge in [-0.1, -0.05) is 6.92 Å². The lowest BCUT2D eigenvalue weighted by molar-refractivity contribution is -0.205. The molecule has 6 N–H and O–H groups in total. The van der Waals surface area contributed by atoms with E-state index in [0.29, 0.717) is 18.2 Å². The van der Waals surface area contributed by atoms with Crippen LogP contribution in [0.1, 0.15) is 13.3 Å². The Bertz CT molecular complexity index is 521. The molecule has 0 saturated carbocycles. The second kappa shape index (κ2) is 9.26. The largest absolute Gasteiger partial charge is 0.448 e. The molecule has 13 heteroatoms. The van der Waals surface area contributed by atoms with Crippen molar-refractivity contribution >= 4 is 27.4 Å². The number of ether oxygens (including phenoxy) is 1. The molecule has 1 aliphatic rings. The molecule has 6 atom stereocenters. The van der Waals surface area contributed by atoms with Crippen molar-refractivity contribution in [3.63, 3.8) is 0 Å². The summed E-state index contributed by atoms with van der Waals surface area (Å²) in [7, 11) is -4.93. The van der Waals surface area contributed by atoms with Crippen molar-refractivity contribution < 1.29 is 47.4 Å². The zero-order chi connectivity index (χ0) is 18.5. The summed E-state index contributed by atoms with van der Waals surface area (Å²) in [4.78, 5) is 3.79. The number of thioether (sulfide) groups is 1. The molecule has 11 nitrogen and oxygen atoms in total. The fraction of sp³-hybridized carbons (Fsp3) is 0.909. The van der Waals surface area contributed by atoms with E-state index in [1.807, 2.05) is 0 Å². The first-order valence-corrected chi connectivity index (χ1v) is 9.20. The summed E-state index contributed by atoms with van der Waals surface area (Å²) in [5, 5.41) is 46.9. The molecular formula is C11H21NO10S2. The third-order valence-electron chi connectivity index (χ3n) is 3.21. The molecule has 0 radical (unpaired) electrons. The standard InChI is InChI=1S/C11H21NO10S2/c1-2-5(3-13)12-11(22-24(18,19)20)23-10-9(17)8(16)7(15)6(4-14)21-10/h5-10,13-17H,2-4H2,1H3,(H,18,19,20). The van der Waals surface area contributed by atoms with Crippen LogP contribution >= 0.6 is 11.8 Å². The molecule has 0 aliphatic carbocycles. The van der Waals surface area contributed by atoms with Crippen LogP contribution in [0.5, 0.6) is 0 Å². The highest BCUT2D eigenvalue weighted by Crippen LogP contribution is 2.30. The second-order valence-electron chi connectivity index (χ2n) is 4.97. The first kappa shape index (κ1) is 21.5. The summed E-state index contributed by atoms with van der Waals surface area (Å²) in [6, 6.07) is -0.737. The van der Waals surface area contributed by atoms with Gasteiger partial charge in [-0.3, -0.25) is 4.55 Å². The van der Waals surface area contributed by atoms with Crippen molar-refractivity contribution in [3.05, 3.63) is 0 Å². The van der Waals surface area contributed by atoms with Gasteiger partial charge in [-0.15, -0.1) is 0 Å². The Morgan fingerprint density at radius 3 is 2.33 bits per heavy atom. The first-order valence-electron chi connectivity index (χ1n) is 6.95. The Balaban J connectivity index is 2.99. The maximum absolute atomic E-state index is 10.9. The van der Waals surface area contributed by atoms with E-state index < -0.39 is 64.7 Å². The van der Waals surface area contributed by atoms with Crippen molar-refractivity contribution in [2.24, 2.45) is 4.99 Å². The van der Waals surface area contributed by atoms with Gasteiger partial charge < -0.3 is 34.5 Å². The van der Waals surface area contributed by atoms with E-state index in [-0.39, 0.29) is 0 Å². The topological polar surface area (TPSA) is 186 Å². The van der Waals surface area contributed by atoms with Crippen molar-refractivity contribution in [2.75, 3.05) is 13.2 Å². The highest BCUT2D eigenvalue weighted by molar-refractivity contribution is 8.14. The quantitative estimate of drug-likeness (QED) is 0.159. The summed E-state index contributed by atoms with van der Waals surface area (Å²) >= 11 is 0.408. The highest BCUT2D eigenvalue weighted by atomic mass is 32.3. The minimum absolute atomic E-state index is 0.323. The summed E-state index contributed by atoms with van der Waals surface area (Å²) in [6.07, 6.45) is -5.78. The SMILES string of the molecule is CCC(CO)N=C(OS(=O)(=O)O)SC1OC(CO)C(O)C(O)C1O. The van der Waals surface area contributed by atoms with Crippen LogP contribution < -0.4 is 0 Å². The Hall–Kier alpha value is -0.510. The summed E-state index contributed by atoms with van der Waals surface area (Å²) in [5.41, 5.74) is -1.35. The lowest BCUT2D eigenvalue weighted by Gasteiger charge is -2.39. The van der Waals surface area contributed by atoms with E-state index in [2.05, 4.69) is 9.18 Å². The average molecular weight is 391 g/mol. The van der Waals surface area contributed by atoms with Gasteiger partial charge in [-0.2, -0.15) is 8.42 Å². The number of aliphatic hydroxyl groups excluding tert-OH is 5. The Morgan fingerprint density at radius 1 is 1.25 bits per heavy atom. The molecule has 1 heterocycles. The van der Waals surface area contributed by atoms with Gasteiger partial charge in [-0.25, -0.2) is 4.99 Å². The normalized spacial score (nSPS) is 33.3. The van der Waals surface area contributed by atoms with Crippen LogP contribution in [0.4, 0.5) is 0 Å². The van der Waals surface area contributed by atoms with Crippen LogP contribution in [0.15, 0.2) is 4.99 Å². The molecule has 1 fully saturated rings. The molecule has 0 spiro atoms. The van der Waals surface area contributed by atoms with Gasteiger partial charge in [0.1, 0.15) is 29.9 Å². The van der Waals surface area contributed by atoms with Crippen LogP contribution in [0, 0.1) is 0 Å². The van der Waals surface area contributed by atoms with Crippen molar-refractivity contribution in [3.8, 4) is 0 Å². The van der Waals surface area contributed by atoms with Gasteiger partial charge in [-0.05, 0) is 18.2 Å². The number of nitrogens with zero attached hydrogens (tertiary/aromatic N) is 1. The van der Waals surface area contributed by atoms with Crippen LogP contribution in [-0.4, -0.2) is 92.8 Å². The molecular weight excluding hydrogens is 370 g/mol.